The lowest BCUT2D eigenvalue weighted by Crippen LogP contribution is -2.59. The van der Waals surface area contributed by atoms with Gasteiger partial charge in [0.2, 0.25) is 0 Å². The van der Waals surface area contributed by atoms with Gasteiger partial charge in [0.15, 0.2) is 0 Å². The first kappa shape index (κ1) is 11.8. The quantitative estimate of drug-likeness (QED) is 0.394. The van der Waals surface area contributed by atoms with Crippen molar-refractivity contribution < 1.29 is 14.3 Å². The van der Waals surface area contributed by atoms with Crippen LogP contribution < -0.4 is 11.3 Å². The van der Waals surface area contributed by atoms with E-state index in [4.69, 9.17) is 10.6 Å². The number of ether oxygens (including phenoxy) is 1. The van der Waals surface area contributed by atoms with Gasteiger partial charge in [-0.15, -0.1) is 0 Å². The zero-order chi connectivity index (χ0) is 11.4. The maximum absolute atomic E-state index is 11.5. The van der Waals surface area contributed by atoms with Gasteiger partial charge in [-0.1, -0.05) is 6.92 Å². The fourth-order valence-corrected chi connectivity index (χ4v) is 1.30. The van der Waals surface area contributed by atoms with Crippen molar-refractivity contribution in [2.24, 2.45) is 5.84 Å². The van der Waals surface area contributed by atoms with Crippen LogP contribution in [0.2, 0.25) is 0 Å². The van der Waals surface area contributed by atoms with Gasteiger partial charge in [0.05, 0.1) is 0 Å². The van der Waals surface area contributed by atoms with E-state index in [1.54, 1.807) is 0 Å². The van der Waals surface area contributed by atoms with Crippen molar-refractivity contribution in [1.29, 1.82) is 0 Å². The molecule has 1 heterocycles. The second kappa shape index (κ2) is 4.97. The van der Waals surface area contributed by atoms with Gasteiger partial charge < -0.3 is 4.74 Å². The number of hydrazine groups is 1. The van der Waals surface area contributed by atoms with Crippen LogP contribution in [0.5, 0.6) is 0 Å². The summed E-state index contributed by atoms with van der Waals surface area (Å²) >= 11 is 0. The average molecular weight is 215 g/mol. The number of carbonyl (C=O) groups is 2. The largest absolute Gasteiger partial charge is 0.446 e. The summed E-state index contributed by atoms with van der Waals surface area (Å²) in [6.07, 6.45) is 0.829. The highest BCUT2D eigenvalue weighted by atomic mass is 16.6. The van der Waals surface area contributed by atoms with Crippen LogP contribution in [0.4, 0.5) is 4.79 Å². The summed E-state index contributed by atoms with van der Waals surface area (Å²) in [5.74, 6) is 4.65. The van der Waals surface area contributed by atoms with E-state index in [0.717, 1.165) is 6.42 Å². The lowest BCUT2D eigenvalue weighted by atomic mass is 10.0. The topological polar surface area (TPSA) is 84.7 Å². The minimum atomic E-state index is -0.466. The Morgan fingerprint density at radius 3 is 2.73 bits per heavy atom. The fourth-order valence-electron chi connectivity index (χ4n) is 1.30. The minimum Gasteiger partial charge on any atom is -0.446 e. The predicted molar refractivity (Wildman–Crippen MR) is 53.7 cm³/mol. The van der Waals surface area contributed by atoms with Crippen LogP contribution in [-0.4, -0.2) is 35.6 Å². The van der Waals surface area contributed by atoms with Gasteiger partial charge in [0.25, 0.3) is 5.91 Å². The average Bonchev–Trinajstić information content (AvgIpc) is 2.15. The second-order valence-electron chi connectivity index (χ2n) is 3.61. The Kier molecular flexibility index (Phi) is 3.90. The summed E-state index contributed by atoms with van der Waals surface area (Å²) in [5.41, 5.74) is 2.03. The lowest BCUT2D eigenvalue weighted by Gasteiger charge is -2.38. The molecule has 0 aromatic carbocycles. The molecule has 86 valence electrons. The molecule has 2 unspecified atom stereocenters. The van der Waals surface area contributed by atoms with Crippen molar-refractivity contribution in [2.75, 3.05) is 6.54 Å². The van der Waals surface area contributed by atoms with Crippen LogP contribution in [0.3, 0.4) is 0 Å². The zero-order valence-corrected chi connectivity index (χ0v) is 9.03. The number of nitrogens with two attached hydrogens (primary N) is 1. The number of nitrogens with zero attached hydrogens (tertiary/aromatic N) is 1. The van der Waals surface area contributed by atoms with Gasteiger partial charge in [-0.3, -0.25) is 15.1 Å². The van der Waals surface area contributed by atoms with Gasteiger partial charge in [0, 0.05) is 6.54 Å². The number of rotatable bonds is 3. The van der Waals surface area contributed by atoms with E-state index in [0.29, 0.717) is 13.0 Å². The molecule has 0 aromatic heterocycles. The van der Waals surface area contributed by atoms with Crippen molar-refractivity contribution in [1.82, 2.24) is 10.3 Å². The van der Waals surface area contributed by atoms with Crippen LogP contribution in [0.15, 0.2) is 0 Å². The molecule has 0 spiro atoms. The smallest absolute Gasteiger partial charge is 0.410 e. The normalized spacial score (nSPS) is 21.5. The molecule has 15 heavy (non-hydrogen) atoms. The molecule has 0 bridgehead atoms. The minimum absolute atomic E-state index is 0.125. The summed E-state index contributed by atoms with van der Waals surface area (Å²) in [4.78, 5) is 24.1. The Hall–Kier alpha value is -1.30. The lowest BCUT2D eigenvalue weighted by molar-refractivity contribution is -0.130. The Bertz CT molecular complexity index is 257. The van der Waals surface area contributed by atoms with Crippen molar-refractivity contribution in [2.45, 2.75) is 38.8 Å². The van der Waals surface area contributed by atoms with Crippen molar-refractivity contribution in [3.63, 3.8) is 0 Å². The van der Waals surface area contributed by atoms with Crippen molar-refractivity contribution >= 4 is 12.0 Å². The van der Waals surface area contributed by atoms with Gasteiger partial charge in [0.1, 0.15) is 12.1 Å². The molecule has 1 fully saturated rings. The second-order valence-corrected chi connectivity index (χ2v) is 3.61. The summed E-state index contributed by atoms with van der Waals surface area (Å²) in [7, 11) is 0. The van der Waals surface area contributed by atoms with E-state index < -0.39 is 12.1 Å². The number of likely N-dealkylation sites (tertiary alicyclic amines) is 1. The van der Waals surface area contributed by atoms with Crippen molar-refractivity contribution in [3.8, 4) is 0 Å². The molecule has 0 aliphatic carbocycles. The molecule has 6 heteroatoms. The van der Waals surface area contributed by atoms with Gasteiger partial charge in [-0.05, 0) is 19.8 Å². The number of hydrogen-bond acceptors (Lipinski definition) is 4. The van der Waals surface area contributed by atoms with E-state index in [1.165, 1.54) is 4.90 Å². The predicted octanol–water partition coefficient (Wildman–Crippen LogP) is -0.0143. The van der Waals surface area contributed by atoms with E-state index in [-0.39, 0.29) is 12.0 Å². The van der Waals surface area contributed by atoms with Crippen LogP contribution in [0.25, 0.3) is 0 Å². The van der Waals surface area contributed by atoms with E-state index >= 15 is 0 Å². The Labute approximate surface area is 88.7 Å². The van der Waals surface area contributed by atoms with Crippen LogP contribution in [-0.2, 0) is 9.53 Å². The highest BCUT2D eigenvalue weighted by Gasteiger charge is 2.38. The number of amides is 2. The van der Waals surface area contributed by atoms with E-state index in [9.17, 15) is 9.59 Å². The molecule has 1 saturated heterocycles. The molecule has 1 aliphatic heterocycles. The van der Waals surface area contributed by atoms with Gasteiger partial charge in [-0.25, -0.2) is 10.6 Å². The van der Waals surface area contributed by atoms with Crippen LogP contribution in [0, 0.1) is 0 Å². The SMILES string of the molecule is CCC(C)OC(=O)N1CCC1C(=O)NN. The summed E-state index contributed by atoms with van der Waals surface area (Å²) < 4.78 is 5.09. The molecule has 0 radical (unpaired) electrons. The highest BCUT2D eigenvalue weighted by Crippen LogP contribution is 2.19. The van der Waals surface area contributed by atoms with E-state index in [1.807, 2.05) is 19.3 Å². The molecule has 2 atom stereocenters. The van der Waals surface area contributed by atoms with Crippen molar-refractivity contribution in [3.05, 3.63) is 0 Å². The number of carbonyl (C=O) groups excluding carboxylic acids is 2. The monoisotopic (exact) mass is 215 g/mol. The summed E-state index contributed by atoms with van der Waals surface area (Å²) in [6, 6.07) is -0.466. The maximum atomic E-state index is 11.5. The van der Waals surface area contributed by atoms with E-state index in [2.05, 4.69) is 0 Å². The molecule has 2 amide bonds. The molecule has 1 aliphatic rings. The fraction of sp³-hybridized carbons (Fsp3) is 0.778. The highest BCUT2D eigenvalue weighted by molar-refractivity contribution is 5.86. The zero-order valence-electron chi connectivity index (χ0n) is 9.03. The third-order valence-corrected chi connectivity index (χ3v) is 2.58. The molecule has 0 saturated carbocycles. The molecular formula is C9H17N3O3. The molecule has 0 aromatic rings. The summed E-state index contributed by atoms with van der Waals surface area (Å²) in [6.45, 7) is 4.29. The van der Waals surface area contributed by atoms with Gasteiger partial charge in [-0.2, -0.15) is 0 Å². The molecule has 6 nitrogen and oxygen atoms in total. The third kappa shape index (κ3) is 2.59. The first-order chi connectivity index (χ1) is 7.10. The Morgan fingerprint density at radius 1 is 1.67 bits per heavy atom. The van der Waals surface area contributed by atoms with Crippen LogP contribution >= 0.6 is 0 Å². The number of nitrogens with one attached hydrogen (secondary N) is 1. The molecular weight excluding hydrogens is 198 g/mol. The molecule has 3 N–H and O–H groups in total. The standard InChI is InChI=1S/C9H17N3O3/c1-3-6(2)15-9(14)12-5-4-7(12)8(13)11-10/h6-7H,3-5,10H2,1-2H3,(H,11,13). The summed E-state index contributed by atoms with van der Waals surface area (Å²) in [5, 5.41) is 0. The molecule has 1 rings (SSSR count). The maximum Gasteiger partial charge on any atom is 0.410 e. The Morgan fingerprint density at radius 2 is 2.33 bits per heavy atom. The number of hydrogen-bond donors (Lipinski definition) is 2. The van der Waals surface area contributed by atoms with Crippen LogP contribution in [0.1, 0.15) is 26.7 Å². The first-order valence-electron chi connectivity index (χ1n) is 5.07. The first-order valence-corrected chi connectivity index (χ1v) is 5.07. The third-order valence-electron chi connectivity index (χ3n) is 2.58. The van der Waals surface area contributed by atoms with Gasteiger partial charge >= 0.3 is 6.09 Å². The Balaban J connectivity index is 2.44.